The molecule has 3 atom stereocenters. The van der Waals surface area contributed by atoms with Crippen molar-refractivity contribution in [2.75, 3.05) is 26.9 Å². The summed E-state index contributed by atoms with van der Waals surface area (Å²) < 4.78 is 107. The van der Waals surface area contributed by atoms with E-state index in [0.717, 1.165) is 7.11 Å². The average Bonchev–Trinajstić information content (AvgIpc) is 2.92. The van der Waals surface area contributed by atoms with Crippen LogP contribution in [0, 0.1) is 0 Å². The van der Waals surface area contributed by atoms with Crippen LogP contribution in [0.15, 0.2) is 0 Å². The molecule has 4 nitrogen and oxygen atoms in total. The Morgan fingerprint density at radius 2 is 1.62 bits per heavy atom. The molecule has 11 heteroatoms. The Morgan fingerprint density at radius 3 is 2.05 bits per heavy atom. The Bertz CT molecular complexity index is 325. The van der Waals surface area contributed by atoms with E-state index in [1.165, 1.54) is 0 Å². The molecule has 21 heavy (non-hydrogen) atoms. The number of ether oxygens (including phenoxy) is 4. The van der Waals surface area contributed by atoms with Gasteiger partial charge in [0.25, 0.3) is 12.8 Å². The van der Waals surface area contributed by atoms with E-state index in [2.05, 4.69) is 9.47 Å². The molecule has 0 saturated carbocycles. The van der Waals surface area contributed by atoms with Crippen molar-refractivity contribution in [2.45, 2.75) is 37.0 Å². The van der Waals surface area contributed by atoms with E-state index in [0.29, 0.717) is 0 Å². The summed E-state index contributed by atoms with van der Waals surface area (Å²) in [6.07, 6.45) is -15.6. The van der Waals surface area contributed by atoms with Crippen LogP contribution in [0.5, 0.6) is 0 Å². The molecule has 3 unspecified atom stereocenters. The maximum atomic E-state index is 13.2. The molecule has 1 aliphatic rings. The molecule has 1 heterocycles. The Labute approximate surface area is 115 Å². The maximum Gasteiger partial charge on any atom is 0.336 e. The summed E-state index contributed by atoms with van der Waals surface area (Å²) in [4.78, 5) is 0. The van der Waals surface area contributed by atoms with Gasteiger partial charge in [-0.3, -0.25) is 0 Å². The molecule has 0 N–H and O–H groups in total. The summed E-state index contributed by atoms with van der Waals surface area (Å²) in [7, 11) is 1.05. The normalized spacial score (nSPS) is 23.3. The van der Waals surface area contributed by atoms with Crippen LogP contribution in [0.4, 0.5) is 30.7 Å². The molecule has 1 rings (SSSR count). The summed E-state index contributed by atoms with van der Waals surface area (Å²) in [6, 6.07) is 0. The minimum atomic E-state index is -5.12. The van der Waals surface area contributed by atoms with E-state index in [4.69, 9.17) is 9.47 Å². The van der Waals surface area contributed by atoms with Crippen molar-refractivity contribution in [1.82, 2.24) is 0 Å². The van der Waals surface area contributed by atoms with Gasteiger partial charge in [-0.1, -0.05) is 0 Å². The highest BCUT2D eigenvalue weighted by Gasteiger charge is 2.56. The van der Waals surface area contributed by atoms with E-state index in [9.17, 15) is 30.7 Å². The van der Waals surface area contributed by atoms with Gasteiger partial charge in [0.1, 0.15) is 6.61 Å². The Kier molecular flexibility index (Phi) is 6.20. The molecule has 0 aromatic carbocycles. The van der Waals surface area contributed by atoms with Crippen molar-refractivity contribution in [3.8, 4) is 0 Å². The van der Waals surface area contributed by atoms with Crippen molar-refractivity contribution in [3.05, 3.63) is 0 Å². The lowest BCUT2D eigenvalue weighted by atomic mass is 10.1. The van der Waals surface area contributed by atoms with Gasteiger partial charge in [-0.15, -0.1) is 0 Å². The number of hydrogen-bond acceptors (Lipinski definition) is 4. The zero-order valence-electron chi connectivity index (χ0n) is 10.7. The fraction of sp³-hybridized carbons (Fsp3) is 1.00. The highest BCUT2D eigenvalue weighted by atomic mass is 19.3. The first kappa shape index (κ1) is 18.4. The van der Waals surface area contributed by atoms with Crippen molar-refractivity contribution in [1.29, 1.82) is 0 Å². The fourth-order valence-corrected chi connectivity index (χ4v) is 1.45. The van der Waals surface area contributed by atoms with E-state index < -0.39 is 43.6 Å². The first-order valence-electron chi connectivity index (χ1n) is 5.69. The van der Waals surface area contributed by atoms with Gasteiger partial charge >= 0.3 is 11.9 Å². The second kappa shape index (κ2) is 7.07. The summed E-state index contributed by atoms with van der Waals surface area (Å²) in [5, 5.41) is 0. The van der Waals surface area contributed by atoms with Crippen LogP contribution in [0.1, 0.15) is 0 Å². The van der Waals surface area contributed by atoms with Gasteiger partial charge in [0.15, 0.2) is 6.17 Å². The first-order chi connectivity index (χ1) is 9.66. The summed E-state index contributed by atoms with van der Waals surface area (Å²) in [5.74, 6) is -7.08. The lowest BCUT2D eigenvalue weighted by Crippen LogP contribution is -2.50. The SMILES string of the molecule is COC1(COC(F)C(F)(F)C(F)C(F)C(F)F)OCCO1. The summed E-state index contributed by atoms with van der Waals surface area (Å²) in [6.45, 7) is -1.01. The van der Waals surface area contributed by atoms with E-state index in [1.807, 2.05) is 0 Å². The third-order valence-electron chi connectivity index (χ3n) is 2.64. The molecule has 1 fully saturated rings. The predicted octanol–water partition coefficient (Wildman–Crippen LogP) is 2.22. The van der Waals surface area contributed by atoms with Gasteiger partial charge in [-0.2, -0.15) is 8.78 Å². The van der Waals surface area contributed by atoms with Gasteiger partial charge in [0.05, 0.1) is 13.2 Å². The minimum Gasteiger partial charge on any atom is -0.335 e. The molecule has 126 valence electrons. The van der Waals surface area contributed by atoms with Crippen LogP contribution in [-0.4, -0.2) is 64.0 Å². The maximum absolute atomic E-state index is 13.2. The van der Waals surface area contributed by atoms with Crippen molar-refractivity contribution >= 4 is 0 Å². The number of methoxy groups -OCH3 is 1. The van der Waals surface area contributed by atoms with E-state index >= 15 is 0 Å². The van der Waals surface area contributed by atoms with Crippen LogP contribution in [0.3, 0.4) is 0 Å². The van der Waals surface area contributed by atoms with Crippen LogP contribution < -0.4 is 0 Å². The van der Waals surface area contributed by atoms with Crippen molar-refractivity contribution < 1.29 is 49.7 Å². The first-order valence-corrected chi connectivity index (χ1v) is 5.69. The molecule has 0 aliphatic carbocycles. The zero-order valence-corrected chi connectivity index (χ0v) is 10.7. The average molecular weight is 330 g/mol. The van der Waals surface area contributed by atoms with Crippen LogP contribution >= 0.6 is 0 Å². The summed E-state index contributed by atoms with van der Waals surface area (Å²) in [5.41, 5.74) is 0. The third-order valence-corrected chi connectivity index (χ3v) is 2.64. The molecule has 1 aliphatic heterocycles. The highest BCUT2D eigenvalue weighted by molar-refractivity contribution is 4.87. The van der Waals surface area contributed by atoms with E-state index in [-0.39, 0.29) is 13.2 Å². The van der Waals surface area contributed by atoms with Gasteiger partial charge in [-0.05, 0) is 0 Å². The molecule has 0 aromatic heterocycles. The fourth-order valence-electron chi connectivity index (χ4n) is 1.45. The molecule has 0 aromatic rings. The van der Waals surface area contributed by atoms with Crippen LogP contribution in [0.25, 0.3) is 0 Å². The molecule has 0 bridgehead atoms. The lowest BCUT2D eigenvalue weighted by Gasteiger charge is -2.29. The largest absolute Gasteiger partial charge is 0.336 e. The van der Waals surface area contributed by atoms with Gasteiger partial charge < -0.3 is 18.9 Å². The third kappa shape index (κ3) is 4.18. The summed E-state index contributed by atoms with van der Waals surface area (Å²) >= 11 is 0. The number of rotatable bonds is 8. The molecular weight excluding hydrogens is 317 g/mol. The van der Waals surface area contributed by atoms with Crippen molar-refractivity contribution in [2.24, 2.45) is 0 Å². The monoisotopic (exact) mass is 330 g/mol. The predicted molar refractivity (Wildman–Crippen MR) is 53.2 cm³/mol. The Balaban J connectivity index is 2.62. The number of alkyl halides is 7. The van der Waals surface area contributed by atoms with Gasteiger partial charge in [0, 0.05) is 7.11 Å². The Hall–Kier alpha value is -0.650. The molecule has 0 radical (unpaired) electrons. The second-order valence-electron chi connectivity index (χ2n) is 4.07. The smallest absolute Gasteiger partial charge is 0.335 e. The van der Waals surface area contributed by atoms with E-state index in [1.54, 1.807) is 0 Å². The van der Waals surface area contributed by atoms with Crippen LogP contribution in [-0.2, 0) is 18.9 Å². The highest BCUT2D eigenvalue weighted by Crippen LogP contribution is 2.34. The Morgan fingerprint density at radius 1 is 1.10 bits per heavy atom. The molecule has 1 saturated heterocycles. The molecule has 0 spiro atoms. The second-order valence-corrected chi connectivity index (χ2v) is 4.07. The number of halogens is 7. The zero-order chi connectivity index (χ0) is 16.3. The molecule has 0 amide bonds. The lowest BCUT2D eigenvalue weighted by molar-refractivity contribution is -0.358. The van der Waals surface area contributed by atoms with Crippen LogP contribution in [0.2, 0.25) is 0 Å². The van der Waals surface area contributed by atoms with Gasteiger partial charge in [-0.25, -0.2) is 22.0 Å². The number of hydrogen-bond donors (Lipinski definition) is 0. The molecular formula is C10H13F7O4. The topological polar surface area (TPSA) is 36.9 Å². The van der Waals surface area contributed by atoms with Gasteiger partial charge in [0.2, 0.25) is 6.17 Å². The van der Waals surface area contributed by atoms with Crippen molar-refractivity contribution in [3.63, 3.8) is 0 Å². The standard InChI is InChI=1S/C10H13F7O4/c1-18-9(20-2-3-21-9)4-19-8(15)10(16,17)6(12)5(11)7(13)14/h5-8H,2-4H2,1H3. The quantitative estimate of drug-likeness (QED) is 0.640. The minimum absolute atomic E-state index is 0.00815.